The number of nitrogens with zero attached hydrogens (tertiary/aromatic N) is 4. The number of rotatable bonds is 6. The first kappa shape index (κ1) is 16.9. The van der Waals surface area contributed by atoms with Crippen LogP contribution in [0.15, 0.2) is 48.8 Å². The number of sulfonamides is 1. The van der Waals surface area contributed by atoms with Gasteiger partial charge in [0, 0.05) is 24.1 Å². The van der Waals surface area contributed by atoms with Crippen LogP contribution >= 0.6 is 0 Å². The Balaban J connectivity index is 1.69. The summed E-state index contributed by atoms with van der Waals surface area (Å²) in [5.41, 5.74) is 0.478. The van der Waals surface area contributed by atoms with Crippen LogP contribution in [0.3, 0.4) is 0 Å². The molecule has 0 saturated carbocycles. The zero-order chi connectivity index (χ0) is 17.9. The van der Waals surface area contributed by atoms with Crippen molar-refractivity contribution in [2.75, 3.05) is 10.5 Å². The second-order valence-electron chi connectivity index (χ2n) is 5.21. The van der Waals surface area contributed by atoms with Crippen LogP contribution in [-0.2, 0) is 10.0 Å². The molecule has 9 heteroatoms. The number of aromatic nitrogens is 4. The molecule has 25 heavy (non-hydrogen) atoms. The lowest BCUT2D eigenvalue weighted by atomic mass is 10.3. The molecule has 130 valence electrons. The SMILES string of the molecule is CCS(=O)(=O)Nc1ccc(Oc2ccc(-n3ccnc3C)nn2)cc1. The third kappa shape index (κ3) is 4.13. The molecule has 0 radical (unpaired) electrons. The van der Waals surface area contributed by atoms with Crippen LogP contribution in [0.2, 0.25) is 0 Å². The van der Waals surface area contributed by atoms with Crippen LogP contribution in [0.25, 0.3) is 5.82 Å². The van der Waals surface area contributed by atoms with Gasteiger partial charge in [0.25, 0.3) is 0 Å². The second-order valence-corrected chi connectivity index (χ2v) is 7.22. The Hall–Kier alpha value is -2.94. The molecule has 0 unspecified atom stereocenters. The van der Waals surface area contributed by atoms with Gasteiger partial charge in [0.05, 0.1) is 5.75 Å². The minimum absolute atomic E-state index is 0.0174. The summed E-state index contributed by atoms with van der Waals surface area (Å²) in [7, 11) is -3.29. The normalized spacial score (nSPS) is 11.3. The monoisotopic (exact) mass is 359 g/mol. The summed E-state index contributed by atoms with van der Waals surface area (Å²) in [6.07, 6.45) is 3.49. The van der Waals surface area contributed by atoms with Gasteiger partial charge in [-0.3, -0.25) is 9.29 Å². The van der Waals surface area contributed by atoms with Crippen molar-refractivity contribution in [1.29, 1.82) is 0 Å². The van der Waals surface area contributed by atoms with E-state index in [4.69, 9.17) is 4.74 Å². The first-order chi connectivity index (χ1) is 12.0. The van der Waals surface area contributed by atoms with Crippen LogP contribution in [0.1, 0.15) is 12.7 Å². The van der Waals surface area contributed by atoms with Crippen molar-refractivity contribution in [3.05, 3.63) is 54.6 Å². The summed E-state index contributed by atoms with van der Waals surface area (Å²) in [4.78, 5) is 4.14. The molecule has 0 aliphatic rings. The van der Waals surface area contributed by atoms with Crippen LogP contribution in [-0.4, -0.2) is 33.9 Å². The minimum Gasteiger partial charge on any atom is -0.438 e. The van der Waals surface area contributed by atoms with Gasteiger partial charge in [-0.1, -0.05) is 0 Å². The highest BCUT2D eigenvalue weighted by Gasteiger charge is 2.07. The first-order valence-electron chi connectivity index (χ1n) is 7.59. The topological polar surface area (TPSA) is 99.0 Å². The first-order valence-corrected chi connectivity index (χ1v) is 9.24. The van der Waals surface area contributed by atoms with Gasteiger partial charge in [0.2, 0.25) is 15.9 Å². The third-order valence-electron chi connectivity index (χ3n) is 3.43. The Morgan fingerprint density at radius 2 is 1.88 bits per heavy atom. The Morgan fingerprint density at radius 1 is 1.12 bits per heavy atom. The smallest absolute Gasteiger partial charge is 0.238 e. The Labute approximate surface area is 145 Å². The van der Waals surface area contributed by atoms with E-state index >= 15 is 0 Å². The molecule has 0 aliphatic carbocycles. The number of imidazole rings is 1. The van der Waals surface area contributed by atoms with Crippen molar-refractivity contribution in [2.45, 2.75) is 13.8 Å². The highest BCUT2D eigenvalue weighted by Crippen LogP contribution is 2.22. The van der Waals surface area contributed by atoms with Gasteiger partial charge in [0.1, 0.15) is 11.6 Å². The van der Waals surface area contributed by atoms with Gasteiger partial charge >= 0.3 is 0 Å². The minimum atomic E-state index is -3.29. The molecule has 2 aromatic heterocycles. The van der Waals surface area contributed by atoms with Gasteiger partial charge in [0.15, 0.2) is 5.82 Å². The standard InChI is InChI=1S/C16H17N5O3S/c1-3-25(22,23)20-13-4-6-14(7-5-13)24-16-9-8-15(18-19-16)21-11-10-17-12(21)2/h4-11,20H,3H2,1-2H3. The molecular formula is C16H17N5O3S. The van der Waals surface area contributed by atoms with E-state index in [-0.39, 0.29) is 5.75 Å². The molecule has 1 N–H and O–H groups in total. The van der Waals surface area contributed by atoms with E-state index in [1.54, 1.807) is 55.7 Å². The maximum Gasteiger partial charge on any atom is 0.238 e. The van der Waals surface area contributed by atoms with E-state index in [1.807, 2.05) is 11.5 Å². The lowest BCUT2D eigenvalue weighted by Gasteiger charge is -2.08. The van der Waals surface area contributed by atoms with Crippen molar-refractivity contribution in [1.82, 2.24) is 19.7 Å². The number of aryl methyl sites for hydroxylation is 1. The molecule has 8 nitrogen and oxygen atoms in total. The summed E-state index contributed by atoms with van der Waals surface area (Å²) < 4.78 is 33.0. The van der Waals surface area contributed by atoms with Crippen LogP contribution in [0.5, 0.6) is 11.6 Å². The Morgan fingerprint density at radius 3 is 2.44 bits per heavy atom. The fourth-order valence-corrected chi connectivity index (χ4v) is 2.72. The number of hydrogen-bond acceptors (Lipinski definition) is 6. The molecule has 0 saturated heterocycles. The van der Waals surface area contributed by atoms with Gasteiger partial charge in [-0.25, -0.2) is 13.4 Å². The maximum atomic E-state index is 11.5. The summed E-state index contributed by atoms with van der Waals surface area (Å²) in [6.45, 7) is 3.45. The lowest BCUT2D eigenvalue weighted by molar-refractivity contribution is 0.454. The van der Waals surface area contributed by atoms with Gasteiger partial charge in [-0.05, 0) is 44.2 Å². The van der Waals surface area contributed by atoms with Crippen LogP contribution in [0.4, 0.5) is 5.69 Å². The van der Waals surface area contributed by atoms with Crippen molar-refractivity contribution < 1.29 is 13.2 Å². The fourth-order valence-electron chi connectivity index (χ4n) is 2.08. The number of benzene rings is 1. The van der Waals surface area contributed by atoms with Crippen molar-refractivity contribution in [3.8, 4) is 17.4 Å². The predicted octanol–water partition coefficient (Wildman–Crippen LogP) is 2.52. The van der Waals surface area contributed by atoms with E-state index < -0.39 is 10.0 Å². The molecule has 0 fully saturated rings. The highest BCUT2D eigenvalue weighted by atomic mass is 32.2. The average Bonchev–Trinajstić information content (AvgIpc) is 3.03. The lowest BCUT2D eigenvalue weighted by Crippen LogP contribution is -2.14. The zero-order valence-electron chi connectivity index (χ0n) is 13.7. The summed E-state index contributed by atoms with van der Waals surface area (Å²) in [5.74, 6) is 2.34. The van der Waals surface area contributed by atoms with Crippen LogP contribution in [0, 0.1) is 6.92 Å². The zero-order valence-corrected chi connectivity index (χ0v) is 14.6. The largest absolute Gasteiger partial charge is 0.438 e. The van der Waals surface area contributed by atoms with E-state index in [1.165, 1.54) is 0 Å². The van der Waals surface area contributed by atoms with Crippen molar-refractivity contribution >= 4 is 15.7 Å². The molecule has 0 aliphatic heterocycles. The number of anilines is 1. The molecule has 0 spiro atoms. The molecule has 2 heterocycles. The molecule has 3 aromatic rings. The molecule has 0 amide bonds. The second kappa shape index (κ2) is 6.89. The Kier molecular flexibility index (Phi) is 4.66. The number of hydrogen-bond donors (Lipinski definition) is 1. The van der Waals surface area contributed by atoms with Gasteiger partial charge < -0.3 is 4.74 Å². The van der Waals surface area contributed by atoms with Gasteiger partial charge in [-0.2, -0.15) is 0 Å². The average molecular weight is 359 g/mol. The number of ether oxygens (including phenoxy) is 1. The highest BCUT2D eigenvalue weighted by molar-refractivity contribution is 7.92. The molecule has 3 rings (SSSR count). The molecule has 0 bridgehead atoms. The fraction of sp³-hybridized carbons (Fsp3) is 0.188. The summed E-state index contributed by atoms with van der Waals surface area (Å²) in [5, 5.41) is 8.15. The quantitative estimate of drug-likeness (QED) is 0.726. The van der Waals surface area contributed by atoms with E-state index in [0.717, 1.165) is 5.82 Å². The molecule has 1 aromatic carbocycles. The summed E-state index contributed by atoms with van der Waals surface area (Å²) in [6, 6.07) is 10.0. The Bertz CT molecular complexity index is 950. The third-order valence-corrected chi connectivity index (χ3v) is 4.74. The number of nitrogens with one attached hydrogen (secondary N) is 1. The van der Waals surface area contributed by atoms with Crippen molar-refractivity contribution in [2.24, 2.45) is 0 Å². The molecular weight excluding hydrogens is 342 g/mol. The summed E-state index contributed by atoms with van der Waals surface area (Å²) >= 11 is 0. The molecule has 0 atom stereocenters. The van der Waals surface area contributed by atoms with E-state index in [0.29, 0.717) is 23.1 Å². The van der Waals surface area contributed by atoms with Crippen LogP contribution < -0.4 is 9.46 Å². The van der Waals surface area contributed by atoms with E-state index in [9.17, 15) is 8.42 Å². The van der Waals surface area contributed by atoms with Gasteiger partial charge in [-0.15, -0.1) is 10.2 Å². The maximum absolute atomic E-state index is 11.5. The predicted molar refractivity (Wildman–Crippen MR) is 93.5 cm³/mol. The van der Waals surface area contributed by atoms with E-state index in [2.05, 4.69) is 19.9 Å². The van der Waals surface area contributed by atoms with Crippen molar-refractivity contribution in [3.63, 3.8) is 0 Å².